The summed E-state index contributed by atoms with van der Waals surface area (Å²) >= 11 is 6.44. The van der Waals surface area contributed by atoms with Crippen LogP contribution in [0.1, 0.15) is 34.3 Å². The molecule has 1 aliphatic carbocycles. The van der Waals surface area contributed by atoms with E-state index in [0.717, 1.165) is 18.3 Å². The van der Waals surface area contributed by atoms with Gasteiger partial charge in [-0.2, -0.15) is 0 Å². The quantitative estimate of drug-likeness (QED) is 0.544. The van der Waals surface area contributed by atoms with Gasteiger partial charge in [0.15, 0.2) is 6.29 Å². The Labute approximate surface area is 143 Å². The Hall–Kier alpha value is -2.71. The second kappa shape index (κ2) is 6.06. The van der Waals surface area contributed by atoms with Crippen molar-refractivity contribution in [1.29, 1.82) is 0 Å². The highest BCUT2D eigenvalue weighted by molar-refractivity contribution is 6.36. The number of rotatable bonds is 3. The molecule has 4 rings (SSSR count). The van der Waals surface area contributed by atoms with Gasteiger partial charge >= 0.3 is 0 Å². The first kappa shape index (κ1) is 14.9. The van der Waals surface area contributed by atoms with Crippen LogP contribution in [0, 0.1) is 17.8 Å². The summed E-state index contributed by atoms with van der Waals surface area (Å²) < 4.78 is 1.91. The van der Waals surface area contributed by atoms with Crippen LogP contribution in [0.3, 0.4) is 0 Å². The van der Waals surface area contributed by atoms with Crippen LogP contribution in [0.2, 0.25) is 5.02 Å². The maximum atomic E-state index is 10.8. The summed E-state index contributed by atoms with van der Waals surface area (Å²) in [5.41, 5.74) is 3.43. The topological polar surface area (TPSA) is 60.7 Å². The summed E-state index contributed by atoms with van der Waals surface area (Å²) in [6.07, 6.45) is 6.36. The maximum absolute atomic E-state index is 10.8. The molecule has 0 N–H and O–H groups in total. The van der Waals surface area contributed by atoms with Gasteiger partial charge in [-0.05, 0) is 37.0 Å². The highest BCUT2D eigenvalue weighted by atomic mass is 35.5. The van der Waals surface area contributed by atoms with Crippen LogP contribution < -0.4 is 0 Å². The first-order chi connectivity index (χ1) is 11.7. The Morgan fingerprint density at radius 2 is 2.17 bits per heavy atom. The Kier molecular flexibility index (Phi) is 3.75. The van der Waals surface area contributed by atoms with Gasteiger partial charge in [0.25, 0.3) is 0 Å². The van der Waals surface area contributed by atoms with Crippen LogP contribution in [0.25, 0.3) is 11.0 Å². The molecule has 3 aromatic rings. The van der Waals surface area contributed by atoms with Gasteiger partial charge < -0.3 is 0 Å². The zero-order chi connectivity index (χ0) is 16.5. The van der Waals surface area contributed by atoms with E-state index in [0.29, 0.717) is 33.1 Å². The molecule has 1 aromatic carbocycles. The number of fused-ring (bicyclic) bond motifs is 1. The van der Waals surface area contributed by atoms with Crippen molar-refractivity contribution in [1.82, 2.24) is 20.0 Å². The Bertz CT molecular complexity index is 995. The van der Waals surface area contributed by atoms with E-state index in [9.17, 15) is 4.79 Å². The molecule has 0 saturated heterocycles. The SMILES string of the molecule is O=Cc1cncc(C#Cc2ccc3c(nnn3CC3CC3)c2Cl)c1. The van der Waals surface area contributed by atoms with E-state index in [-0.39, 0.29) is 0 Å². The van der Waals surface area contributed by atoms with E-state index in [1.54, 1.807) is 12.3 Å². The van der Waals surface area contributed by atoms with Crippen LogP contribution in [-0.4, -0.2) is 26.3 Å². The molecule has 1 aliphatic rings. The van der Waals surface area contributed by atoms with Crippen molar-refractivity contribution in [2.24, 2.45) is 5.92 Å². The van der Waals surface area contributed by atoms with Gasteiger partial charge in [-0.1, -0.05) is 28.7 Å². The molecule has 0 bridgehead atoms. The fourth-order valence-corrected chi connectivity index (χ4v) is 2.76. The lowest BCUT2D eigenvalue weighted by Gasteiger charge is -2.01. The number of pyridine rings is 1. The minimum absolute atomic E-state index is 0.492. The fraction of sp³-hybridized carbons (Fsp3) is 0.222. The van der Waals surface area contributed by atoms with Crippen molar-refractivity contribution in [3.05, 3.63) is 52.3 Å². The Balaban J connectivity index is 1.68. The molecule has 118 valence electrons. The number of halogens is 1. The normalized spacial score (nSPS) is 13.5. The van der Waals surface area contributed by atoms with Crippen LogP contribution >= 0.6 is 11.6 Å². The zero-order valence-corrected chi connectivity index (χ0v) is 13.5. The molecule has 24 heavy (non-hydrogen) atoms. The van der Waals surface area contributed by atoms with Crippen LogP contribution in [0.4, 0.5) is 0 Å². The third kappa shape index (κ3) is 2.89. The summed E-state index contributed by atoms with van der Waals surface area (Å²) in [4.78, 5) is 14.8. The summed E-state index contributed by atoms with van der Waals surface area (Å²) in [6.45, 7) is 0.891. The standard InChI is InChI=1S/C18H13ClN4O/c19-17-15(4-3-13-7-14(11-24)9-20-8-13)5-6-16-18(17)21-22-23(16)10-12-1-2-12/h5-9,11-12H,1-2,10H2. The van der Waals surface area contributed by atoms with Crippen LogP contribution in [0.5, 0.6) is 0 Å². The summed E-state index contributed by atoms with van der Waals surface area (Å²) in [5.74, 6) is 6.71. The summed E-state index contributed by atoms with van der Waals surface area (Å²) in [6, 6.07) is 5.51. The van der Waals surface area contributed by atoms with Gasteiger partial charge in [-0.3, -0.25) is 9.78 Å². The Morgan fingerprint density at radius 1 is 1.29 bits per heavy atom. The van der Waals surface area contributed by atoms with Gasteiger partial charge in [0.05, 0.1) is 10.5 Å². The minimum Gasteiger partial charge on any atom is -0.298 e. The van der Waals surface area contributed by atoms with Gasteiger partial charge in [0.1, 0.15) is 5.52 Å². The van der Waals surface area contributed by atoms with Gasteiger partial charge in [0.2, 0.25) is 0 Å². The van der Waals surface area contributed by atoms with Crippen LogP contribution in [-0.2, 0) is 6.54 Å². The monoisotopic (exact) mass is 336 g/mol. The largest absolute Gasteiger partial charge is 0.298 e. The Morgan fingerprint density at radius 3 is 2.96 bits per heavy atom. The number of hydrogen-bond donors (Lipinski definition) is 0. The van der Waals surface area contributed by atoms with E-state index in [4.69, 9.17) is 11.6 Å². The molecule has 2 aromatic heterocycles. The number of carbonyl (C=O) groups is 1. The molecule has 1 fully saturated rings. The second-order valence-corrected chi connectivity index (χ2v) is 6.26. The molecule has 0 aliphatic heterocycles. The average Bonchev–Trinajstić information content (AvgIpc) is 3.33. The van der Waals surface area contributed by atoms with Gasteiger partial charge in [-0.15, -0.1) is 5.10 Å². The smallest absolute Gasteiger partial charge is 0.151 e. The second-order valence-electron chi connectivity index (χ2n) is 5.88. The molecule has 6 heteroatoms. The van der Waals surface area contributed by atoms with E-state index >= 15 is 0 Å². The van der Waals surface area contributed by atoms with Gasteiger partial charge in [0, 0.05) is 35.6 Å². The number of carbonyl (C=O) groups excluding carboxylic acids is 1. The van der Waals surface area contributed by atoms with Crippen LogP contribution in [0.15, 0.2) is 30.6 Å². The molecule has 0 atom stereocenters. The molecule has 5 nitrogen and oxygen atoms in total. The highest BCUT2D eigenvalue weighted by Gasteiger charge is 2.23. The lowest BCUT2D eigenvalue weighted by Crippen LogP contribution is -2.01. The third-order valence-corrected chi connectivity index (χ3v) is 4.37. The van der Waals surface area contributed by atoms with Gasteiger partial charge in [-0.25, -0.2) is 4.68 Å². The van der Waals surface area contributed by atoms with Crippen molar-refractivity contribution in [3.63, 3.8) is 0 Å². The van der Waals surface area contributed by atoms with Crippen molar-refractivity contribution < 1.29 is 4.79 Å². The molecule has 2 heterocycles. The number of aromatic nitrogens is 4. The molecule has 0 spiro atoms. The highest BCUT2D eigenvalue weighted by Crippen LogP contribution is 2.32. The molecular formula is C18H13ClN4O. The predicted octanol–water partition coefficient (Wildman–Crippen LogP) is 3.10. The van der Waals surface area contributed by atoms with E-state index in [2.05, 4.69) is 27.1 Å². The average molecular weight is 337 g/mol. The molecule has 0 unspecified atom stereocenters. The first-order valence-electron chi connectivity index (χ1n) is 7.68. The van der Waals surface area contributed by atoms with E-state index in [1.165, 1.54) is 19.0 Å². The third-order valence-electron chi connectivity index (χ3n) is 3.99. The summed E-state index contributed by atoms with van der Waals surface area (Å²) in [7, 11) is 0. The zero-order valence-electron chi connectivity index (χ0n) is 12.7. The summed E-state index contributed by atoms with van der Waals surface area (Å²) in [5, 5.41) is 8.90. The van der Waals surface area contributed by atoms with Crippen molar-refractivity contribution >= 4 is 28.9 Å². The molecule has 0 radical (unpaired) electrons. The number of aldehydes is 1. The van der Waals surface area contributed by atoms with E-state index in [1.807, 2.05) is 16.8 Å². The lowest BCUT2D eigenvalue weighted by atomic mass is 10.1. The number of benzene rings is 1. The molecule has 1 saturated carbocycles. The van der Waals surface area contributed by atoms with Crippen molar-refractivity contribution in [3.8, 4) is 11.8 Å². The molecular weight excluding hydrogens is 324 g/mol. The maximum Gasteiger partial charge on any atom is 0.151 e. The van der Waals surface area contributed by atoms with Crippen molar-refractivity contribution in [2.75, 3.05) is 0 Å². The first-order valence-corrected chi connectivity index (χ1v) is 8.06. The van der Waals surface area contributed by atoms with E-state index < -0.39 is 0 Å². The number of hydrogen-bond acceptors (Lipinski definition) is 4. The predicted molar refractivity (Wildman–Crippen MR) is 90.9 cm³/mol. The molecule has 0 amide bonds. The van der Waals surface area contributed by atoms with Crippen molar-refractivity contribution in [2.45, 2.75) is 19.4 Å². The number of nitrogens with zero attached hydrogens (tertiary/aromatic N) is 4. The minimum atomic E-state index is 0.492. The lowest BCUT2D eigenvalue weighted by molar-refractivity contribution is 0.112. The fourth-order valence-electron chi connectivity index (χ4n) is 2.51.